The van der Waals surface area contributed by atoms with E-state index in [4.69, 9.17) is 71.0 Å². The first-order valence-corrected chi connectivity index (χ1v) is 28.0. The molecule has 14 rings (SSSR count). The Labute approximate surface area is 490 Å². The van der Waals surface area contributed by atoms with Crippen LogP contribution in [0.4, 0.5) is 17.8 Å². The second-order valence-corrected chi connectivity index (χ2v) is 20.5. The van der Waals surface area contributed by atoms with E-state index in [1.165, 1.54) is 0 Å². The summed E-state index contributed by atoms with van der Waals surface area (Å²) in [5, 5.41) is 13.3. The van der Waals surface area contributed by atoms with E-state index < -0.39 is 0 Å². The highest BCUT2D eigenvalue weighted by Gasteiger charge is 2.22. The molecule has 0 saturated carbocycles. The van der Waals surface area contributed by atoms with Gasteiger partial charge in [-0.25, -0.2) is 0 Å². The minimum absolute atomic E-state index is 0.151. The number of hydrogen-bond acceptors (Lipinski definition) is 22. The summed E-state index contributed by atoms with van der Waals surface area (Å²) in [6.45, 7) is 9.39. The molecule has 0 bridgehead atoms. The fourth-order valence-corrected chi connectivity index (χ4v) is 9.88. The van der Waals surface area contributed by atoms with E-state index in [1.54, 1.807) is 32.1 Å². The summed E-state index contributed by atoms with van der Waals surface area (Å²) in [6, 6.07) is 28.8. The number of hydrogen-bond donors (Lipinski definition) is 3. The molecule has 0 aliphatic carbocycles. The van der Waals surface area contributed by atoms with Gasteiger partial charge < -0.3 is 49.4 Å². The molecule has 0 amide bonds. The van der Waals surface area contributed by atoms with Crippen LogP contribution in [0.2, 0.25) is 0 Å². The Morgan fingerprint density at radius 3 is 1.11 bits per heavy atom. The number of fused-ring (bicyclic) bond motifs is 3. The summed E-state index contributed by atoms with van der Waals surface area (Å²) < 4.78 is 44.5. The third kappa shape index (κ3) is 13.1. The SMILES string of the molecule is Cc1ccc(-c2nc(N)nc3c(Cc4cccc(CCl)n4)cnn23)o1.Cc1ccc(-c2nc(N)nc3c(Cc4cccc(CO[C@@H]5CCOC5)n4)cnn23)o1.Cc1ccc(-c2nc(N)nc3c(Cc4cccc(CO[C@@H]5CCOC5)n4)cnn23)o1. The van der Waals surface area contributed by atoms with Crippen LogP contribution < -0.4 is 17.2 Å². The molecule has 85 heavy (non-hydrogen) atoms. The van der Waals surface area contributed by atoms with Gasteiger partial charge in [0.05, 0.1) is 80.2 Å². The van der Waals surface area contributed by atoms with Gasteiger partial charge in [0.25, 0.3) is 0 Å². The minimum atomic E-state index is 0.151. The van der Waals surface area contributed by atoms with Crippen LogP contribution in [0.15, 0.2) is 123 Å². The first-order chi connectivity index (χ1) is 41.4. The molecule has 2 aliphatic heterocycles. The van der Waals surface area contributed by atoms with E-state index in [0.717, 1.165) is 94.2 Å². The molecule has 2 fully saturated rings. The van der Waals surface area contributed by atoms with Crippen LogP contribution in [-0.2, 0) is 57.3 Å². The van der Waals surface area contributed by atoms with Crippen LogP contribution in [0.1, 0.15) is 81.0 Å². The summed E-state index contributed by atoms with van der Waals surface area (Å²) >= 11 is 5.86. The van der Waals surface area contributed by atoms with Crippen molar-refractivity contribution in [2.75, 3.05) is 43.6 Å². The van der Waals surface area contributed by atoms with Crippen LogP contribution in [0.25, 0.3) is 51.7 Å². The largest absolute Gasteiger partial charge is 0.458 e. The second-order valence-electron chi connectivity index (χ2n) is 20.3. The molecule has 12 aromatic heterocycles. The number of nitrogens with two attached hydrogens (primary N) is 3. The van der Waals surface area contributed by atoms with Gasteiger partial charge in [-0.3, -0.25) is 15.0 Å². The van der Waals surface area contributed by atoms with E-state index >= 15 is 0 Å². The number of alkyl halides is 1. The summed E-state index contributed by atoms with van der Waals surface area (Å²) in [6.07, 6.45) is 9.15. The smallest absolute Gasteiger partial charge is 0.224 e. The number of furan rings is 3. The average molecular weight is 1170 g/mol. The van der Waals surface area contributed by atoms with Crippen LogP contribution >= 0.6 is 11.6 Å². The normalized spacial score (nSPS) is 15.0. The average Bonchev–Trinajstić information content (AvgIpc) is 4.04. The van der Waals surface area contributed by atoms with Crippen molar-refractivity contribution in [2.45, 2.75) is 84.2 Å². The molecule has 0 unspecified atom stereocenters. The highest BCUT2D eigenvalue weighted by atomic mass is 35.5. The molecular weight excluding hydrogens is 1110 g/mol. The zero-order chi connectivity index (χ0) is 58.4. The number of halogens is 1. The number of rotatable bonds is 16. The number of nitrogens with zero attached hydrogens (tertiary/aromatic N) is 15. The first-order valence-electron chi connectivity index (χ1n) is 27.4. The van der Waals surface area contributed by atoms with E-state index in [0.29, 0.717) is 103 Å². The number of nitrogen functional groups attached to an aromatic ring is 3. The molecule has 25 nitrogen and oxygen atoms in total. The summed E-state index contributed by atoms with van der Waals surface area (Å²) in [7, 11) is 0. The van der Waals surface area contributed by atoms with Gasteiger partial charge in [0, 0.05) is 66.2 Å². The Bertz CT molecular complexity index is 4090. The van der Waals surface area contributed by atoms with Gasteiger partial charge in [0.15, 0.2) is 34.2 Å². The van der Waals surface area contributed by atoms with Crippen molar-refractivity contribution in [1.82, 2.24) is 73.7 Å². The molecule has 2 aliphatic rings. The van der Waals surface area contributed by atoms with Crippen molar-refractivity contribution in [3.63, 3.8) is 0 Å². The van der Waals surface area contributed by atoms with E-state index in [2.05, 4.69) is 50.2 Å². The van der Waals surface area contributed by atoms with Crippen molar-refractivity contribution in [3.8, 4) is 34.8 Å². The Hall–Kier alpha value is -9.53. The lowest BCUT2D eigenvalue weighted by atomic mass is 10.1. The fraction of sp³-hybridized carbons (Fsp3) is 0.288. The standard InChI is InChI=1S/2C21H22N6O3.C17H15ClN6O/c2*1-13-5-6-18(30-13)20-26-21(22)25-19-14(10-23-27(19)20)9-15-3-2-4-16(24-15)11-29-17-7-8-28-12-17;1-10-5-6-14(25-10)16-23-17(19)22-15-11(9-20-24(15)16)7-12-3-2-4-13(8-18)21-12/h2*2-6,10,17H,7-9,11-12H2,1H3,(H2,22,25);2-6,9H,7-8H2,1H3,(H2,19,22)/t2*17-;/m11./s1. The third-order valence-electron chi connectivity index (χ3n) is 13.8. The molecule has 0 radical (unpaired) electrons. The second kappa shape index (κ2) is 25.1. The van der Waals surface area contributed by atoms with Gasteiger partial charge in [-0.05, 0) is 106 Å². The van der Waals surface area contributed by atoms with Gasteiger partial charge in [0.1, 0.15) is 17.3 Å². The molecule has 434 valence electrons. The quantitative estimate of drug-likeness (QED) is 0.0768. The highest BCUT2D eigenvalue weighted by molar-refractivity contribution is 6.16. The third-order valence-corrected chi connectivity index (χ3v) is 14.1. The van der Waals surface area contributed by atoms with Crippen molar-refractivity contribution < 1.29 is 32.2 Å². The number of aryl methyl sites for hydroxylation is 3. The van der Waals surface area contributed by atoms with Gasteiger partial charge >= 0.3 is 0 Å². The number of aromatic nitrogens is 15. The molecule has 14 heterocycles. The molecule has 26 heteroatoms. The predicted molar refractivity (Wildman–Crippen MR) is 312 cm³/mol. The topological polar surface area (TPSA) is 322 Å². The zero-order valence-corrected chi connectivity index (χ0v) is 47.5. The lowest BCUT2D eigenvalue weighted by molar-refractivity contribution is 0.0300. The van der Waals surface area contributed by atoms with E-state index in [1.807, 2.05) is 112 Å². The van der Waals surface area contributed by atoms with Crippen molar-refractivity contribution in [1.29, 1.82) is 0 Å². The maximum Gasteiger partial charge on any atom is 0.224 e. The molecule has 0 spiro atoms. The summed E-state index contributed by atoms with van der Waals surface area (Å²) in [5.41, 5.74) is 27.8. The van der Waals surface area contributed by atoms with E-state index in [9.17, 15) is 0 Å². The van der Waals surface area contributed by atoms with Crippen LogP contribution in [0.3, 0.4) is 0 Å². The van der Waals surface area contributed by atoms with Gasteiger partial charge in [-0.2, -0.15) is 58.7 Å². The van der Waals surface area contributed by atoms with E-state index in [-0.39, 0.29) is 30.1 Å². The Kier molecular flexibility index (Phi) is 16.6. The lowest BCUT2D eigenvalue weighted by Crippen LogP contribution is -2.12. The van der Waals surface area contributed by atoms with Crippen LogP contribution in [0.5, 0.6) is 0 Å². The molecule has 2 atom stereocenters. The zero-order valence-electron chi connectivity index (χ0n) is 46.7. The van der Waals surface area contributed by atoms with Crippen molar-refractivity contribution in [2.24, 2.45) is 0 Å². The Balaban J connectivity index is 0.000000126. The molecular formula is C59H59ClN18O7. The van der Waals surface area contributed by atoms with Crippen LogP contribution in [-0.4, -0.2) is 112 Å². The number of anilines is 3. The summed E-state index contributed by atoms with van der Waals surface area (Å²) in [5.74, 6) is 6.57. The van der Waals surface area contributed by atoms with Gasteiger partial charge in [-0.15, -0.1) is 11.6 Å². The monoisotopic (exact) mass is 1170 g/mol. The molecule has 2 saturated heterocycles. The molecule has 0 aromatic carbocycles. The van der Waals surface area contributed by atoms with Crippen molar-refractivity contribution in [3.05, 3.63) is 178 Å². The Morgan fingerprint density at radius 1 is 0.447 bits per heavy atom. The Morgan fingerprint density at radius 2 is 0.788 bits per heavy atom. The first kappa shape index (κ1) is 56.0. The molecule has 12 aromatic rings. The predicted octanol–water partition coefficient (Wildman–Crippen LogP) is 8.13. The lowest BCUT2D eigenvalue weighted by Gasteiger charge is -2.10. The molecule has 6 N–H and O–H groups in total. The highest BCUT2D eigenvalue weighted by Crippen LogP contribution is 2.28. The summed E-state index contributed by atoms with van der Waals surface area (Å²) in [4.78, 5) is 40.0. The maximum absolute atomic E-state index is 5.97. The maximum atomic E-state index is 5.97. The van der Waals surface area contributed by atoms with Crippen LogP contribution in [0, 0.1) is 20.8 Å². The van der Waals surface area contributed by atoms with Crippen molar-refractivity contribution >= 4 is 46.4 Å². The number of ether oxygens (including phenoxy) is 4. The minimum Gasteiger partial charge on any atom is -0.458 e. The van der Waals surface area contributed by atoms with Gasteiger partial charge in [-0.1, -0.05) is 18.2 Å². The number of pyridine rings is 3. The van der Waals surface area contributed by atoms with Gasteiger partial charge in [0.2, 0.25) is 35.3 Å². The fourth-order valence-electron chi connectivity index (χ4n) is 9.73.